The maximum atomic E-state index is 12.2. The summed E-state index contributed by atoms with van der Waals surface area (Å²) in [6, 6.07) is 4.68. The molecule has 1 saturated heterocycles. The number of ketones is 1. The summed E-state index contributed by atoms with van der Waals surface area (Å²) in [5.74, 6) is -0.296. The first-order valence-electron chi connectivity index (χ1n) is 6.91. The van der Waals surface area contributed by atoms with Gasteiger partial charge in [-0.2, -0.15) is 0 Å². The lowest BCUT2D eigenvalue weighted by atomic mass is 10.0. The minimum atomic E-state index is -0.154. The van der Waals surface area contributed by atoms with E-state index in [1.54, 1.807) is 0 Å². The Bertz CT molecular complexity index is 480. The number of aromatic hydroxyl groups is 2. The van der Waals surface area contributed by atoms with Crippen molar-refractivity contribution in [1.29, 1.82) is 0 Å². The number of carbonyl (C=O) groups excluding carboxylic acids is 1. The van der Waals surface area contributed by atoms with E-state index in [4.69, 9.17) is 0 Å². The Kier molecular flexibility index (Phi) is 4.62. The third-order valence-electron chi connectivity index (χ3n) is 3.94. The molecule has 0 unspecified atom stereocenters. The van der Waals surface area contributed by atoms with Gasteiger partial charge in [0.05, 0.1) is 12.1 Å². The van der Waals surface area contributed by atoms with Gasteiger partial charge >= 0.3 is 0 Å². The SMILES string of the molecule is CN(C)C1CCN(CC(=O)c2ccc(O)cc2O)CC1. The lowest BCUT2D eigenvalue weighted by molar-refractivity contribution is 0.0871. The molecule has 1 aliphatic heterocycles. The number of likely N-dealkylation sites (tertiary alicyclic amines) is 1. The van der Waals surface area contributed by atoms with Gasteiger partial charge in [0, 0.05) is 25.2 Å². The summed E-state index contributed by atoms with van der Waals surface area (Å²) in [5.41, 5.74) is 0.275. The van der Waals surface area contributed by atoms with Gasteiger partial charge in [0.25, 0.3) is 0 Å². The van der Waals surface area contributed by atoms with Gasteiger partial charge in [0.2, 0.25) is 0 Å². The van der Waals surface area contributed by atoms with E-state index >= 15 is 0 Å². The molecule has 0 radical (unpaired) electrons. The normalized spacial score (nSPS) is 17.6. The van der Waals surface area contributed by atoms with Crippen LogP contribution in [0.15, 0.2) is 18.2 Å². The highest BCUT2D eigenvalue weighted by molar-refractivity contribution is 6.00. The number of hydrogen-bond acceptors (Lipinski definition) is 5. The van der Waals surface area contributed by atoms with Gasteiger partial charge in [-0.25, -0.2) is 0 Å². The first-order valence-corrected chi connectivity index (χ1v) is 6.91. The number of piperidine rings is 1. The van der Waals surface area contributed by atoms with Crippen molar-refractivity contribution in [1.82, 2.24) is 9.80 Å². The molecule has 0 bridgehead atoms. The van der Waals surface area contributed by atoms with Crippen LogP contribution in [0.25, 0.3) is 0 Å². The van der Waals surface area contributed by atoms with E-state index in [0.717, 1.165) is 25.9 Å². The van der Waals surface area contributed by atoms with Crippen LogP contribution >= 0.6 is 0 Å². The lowest BCUT2D eigenvalue weighted by Gasteiger charge is -2.34. The molecule has 0 saturated carbocycles. The van der Waals surface area contributed by atoms with Crippen LogP contribution in [0.5, 0.6) is 11.5 Å². The predicted octanol–water partition coefficient (Wildman–Crippen LogP) is 1.31. The van der Waals surface area contributed by atoms with Crippen LogP contribution in [0, 0.1) is 0 Å². The quantitative estimate of drug-likeness (QED) is 0.813. The summed E-state index contributed by atoms with van der Waals surface area (Å²) < 4.78 is 0. The maximum absolute atomic E-state index is 12.2. The van der Waals surface area contributed by atoms with Crippen molar-refractivity contribution < 1.29 is 15.0 Å². The third-order valence-corrected chi connectivity index (χ3v) is 3.94. The molecule has 0 aliphatic carbocycles. The number of hydrogen-bond donors (Lipinski definition) is 2. The molecule has 0 aromatic heterocycles. The number of phenolic OH excluding ortho intramolecular Hbond substituents is 2. The number of phenols is 2. The fraction of sp³-hybridized carbons (Fsp3) is 0.533. The highest BCUT2D eigenvalue weighted by Crippen LogP contribution is 2.23. The summed E-state index contributed by atoms with van der Waals surface area (Å²) in [6.45, 7) is 2.11. The molecule has 2 rings (SSSR count). The fourth-order valence-corrected chi connectivity index (χ4v) is 2.64. The molecule has 2 N–H and O–H groups in total. The van der Waals surface area contributed by atoms with Crippen molar-refractivity contribution in [2.75, 3.05) is 33.7 Å². The first kappa shape index (κ1) is 14.8. The molecular weight excluding hydrogens is 256 g/mol. The van der Waals surface area contributed by atoms with Crippen LogP contribution in [0.1, 0.15) is 23.2 Å². The number of Topliss-reactive ketones (excluding diaryl/α,β-unsaturated/α-hetero) is 1. The zero-order valence-electron chi connectivity index (χ0n) is 12.0. The van der Waals surface area contributed by atoms with Gasteiger partial charge in [0.1, 0.15) is 11.5 Å². The van der Waals surface area contributed by atoms with E-state index < -0.39 is 0 Å². The molecule has 1 fully saturated rings. The summed E-state index contributed by atoms with van der Waals surface area (Å²) in [6.07, 6.45) is 2.11. The summed E-state index contributed by atoms with van der Waals surface area (Å²) in [4.78, 5) is 16.5. The molecule has 1 aromatic carbocycles. The molecule has 5 nitrogen and oxygen atoms in total. The van der Waals surface area contributed by atoms with Gasteiger partial charge in [-0.05, 0) is 39.1 Å². The second-order valence-electron chi connectivity index (χ2n) is 5.60. The highest BCUT2D eigenvalue weighted by atomic mass is 16.3. The number of nitrogens with zero attached hydrogens (tertiary/aromatic N) is 2. The monoisotopic (exact) mass is 278 g/mol. The van der Waals surface area contributed by atoms with Crippen molar-refractivity contribution in [3.8, 4) is 11.5 Å². The molecule has 5 heteroatoms. The van der Waals surface area contributed by atoms with Crippen LogP contribution < -0.4 is 0 Å². The molecule has 110 valence electrons. The fourth-order valence-electron chi connectivity index (χ4n) is 2.64. The van der Waals surface area contributed by atoms with E-state index in [2.05, 4.69) is 23.9 Å². The Morgan fingerprint density at radius 3 is 2.50 bits per heavy atom. The van der Waals surface area contributed by atoms with Crippen LogP contribution in [0.2, 0.25) is 0 Å². The van der Waals surface area contributed by atoms with Crippen molar-refractivity contribution in [3.05, 3.63) is 23.8 Å². The Morgan fingerprint density at radius 1 is 1.30 bits per heavy atom. The maximum Gasteiger partial charge on any atom is 0.180 e. The molecule has 0 atom stereocenters. The third kappa shape index (κ3) is 3.49. The Labute approximate surface area is 119 Å². The topological polar surface area (TPSA) is 64.0 Å². The van der Waals surface area contributed by atoms with E-state index in [1.165, 1.54) is 18.2 Å². The predicted molar refractivity (Wildman–Crippen MR) is 77.3 cm³/mol. The van der Waals surface area contributed by atoms with Gasteiger partial charge in [-0.15, -0.1) is 0 Å². The largest absolute Gasteiger partial charge is 0.508 e. The molecule has 1 aliphatic rings. The Hall–Kier alpha value is -1.59. The van der Waals surface area contributed by atoms with Crippen LogP contribution in [0.3, 0.4) is 0 Å². The minimum Gasteiger partial charge on any atom is -0.508 e. The van der Waals surface area contributed by atoms with Crippen LogP contribution in [0.4, 0.5) is 0 Å². The Morgan fingerprint density at radius 2 is 1.95 bits per heavy atom. The Balaban J connectivity index is 1.92. The van der Waals surface area contributed by atoms with Gasteiger partial charge < -0.3 is 15.1 Å². The van der Waals surface area contributed by atoms with E-state index in [9.17, 15) is 15.0 Å². The second-order valence-corrected chi connectivity index (χ2v) is 5.60. The molecule has 0 amide bonds. The van der Waals surface area contributed by atoms with Crippen LogP contribution in [-0.4, -0.2) is 65.6 Å². The molecule has 20 heavy (non-hydrogen) atoms. The van der Waals surface area contributed by atoms with Crippen molar-refractivity contribution in [2.45, 2.75) is 18.9 Å². The number of rotatable bonds is 4. The number of benzene rings is 1. The van der Waals surface area contributed by atoms with Crippen LogP contribution in [-0.2, 0) is 0 Å². The second kappa shape index (κ2) is 6.24. The zero-order valence-corrected chi connectivity index (χ0v) is 12.0. The first-order chi connectivity index (χ1) is 9.47. The van der Waals surface area contributed by atoms with Gasteiger partial charge in [0.15, 0.2) is 5.78 Å². The molecule has 1 aromatic rings. The summed E-state index contributed by atoms with van der Waals surface area (Å²) in [7, 11) is 4.17. The van der Waals surface area contributed by atoms with E-state index in [1.807, 2.05) is 0 Å². The smallest absolute Gasteiger partial charge is 0.180 e. The van der Waals surface area contributed by atoms with E-state index in [0.29, 0.717) is 12.6 Å². The highest BCUT2D eigenvalue weighted by Gasteiger charge is 2.23. The van der Waals surface area contributed by atoms with Crippen molar-refractivity contribution in [2.24, 2.45) is 0 Å². The molecule has 1 heterocycles. The summed E-state index contributed by atoms with van der Waals surface area (Å²) >= 11 is 0. The lowest BCUT2D eigenvalue weighted by Crippen LogP contribution is -2.43. The average molecular weight is 278 g/mol. The van der Waals surface area contributed by atoms with E-state index in [-0.39, 0.29) is 22.8 Å². The molecular formula is C15H22N2O3. The summed E-state index contributed by atoms with van der Waals surface area (Å²) in [5, 5.41) is 18.9. The van der Waals surface area contributed by atoms with Crippen molar-refractivity contribution in [3.63, 3.8) is 0 Å². The average Bonchev–Trinajstić information content (AvgIpc) is 2.39. The number of carbonyl (C=O) groups is 1. The van der Waals surface area contributed by atoms with Gasteiger partial charge in [-0.3, -0.25) is 9.69 Å². The minimum absolute atomic E-state index is 0.0363. The van der Waals surface area contributed by atoms with Gasteiger partial charge in [-0.1, -0.05) is 0 Å². The zero-order chi connectivity index (χ0) is 14.7. The standard InChI is InChI=1S/C15H22N2O3/c1-16(2)11-5-7-17(8-6-11)10-15(20)13-4-3-12(18)9-14(13)19/h3-4,9,11,18-19H,5-8,10H2,1-2H3. The van der Waals surface area contributed by atoms with Crippen molar-refractivity contribution >= 4 is 5.78 Å². The molecule has 0 spiro atoms.